The number of carbonyl (C=O) groups is 1. The molecule has 122 valence electrons. The van der Waals surface area contributed by atoms with Gasteiger partial charge < -0.3 is 4.74 Å². The molecule has 0 saturated heterocycles. The first kappa shape index (κ1) is 16.1. The predicted octanol–water partition coefficient (Wildman–Crippen LogP) is 5.07. The van der Waals surface area contributed by atoms with Crippen LogP contribution in [0.25, 0.3) is 12.2 Å². The molecule has 3 nitrogen and oxygen atoms in total. The SMILES string of the molecule is CCOC(=O)N1c2ccc(C)cc2C=C[C@@H]1/C=C/c1ccccc1. The molecule has 0 aliphatic carbocycles. The van der Waals surface area contributed by atoms with Crippen molar-refractivity contribution in [3.8, 4) is 0 Å². The highest BCUT2D eigenvalue weighted by Gasteiger charge is 2.27. The van der Waals surface area contributed by atoms with Gasteiger partial charge >= 0.3 is 6.09 Å². The maximum Gasteiger partial charge on any atom is 0.415 e. The Morgan fingerprint density at radius 2 is 2.00 bits per heavy atom. The van der Waals surface area contributed by atoms with Gasteiger partial charge in [0.1, 0.15) is 0 Å². The smallest absolute Gasteiger partial charge is 0.415 e. The zero-order chi connectivity index (χ0) is 16.9. The van der Waals surface area contributed by atoms with Crippen LogP contribution in [0.2, 0.25) is 0 Å². The summed E-state index contributed by atoms with van der Waals surface area (Å²) in [5.41, 5.74) is 4.18. The van der Waals surface area contributed by atoms with Crippen molar-refractivity contribution in [2.75, 3.05) is 11.5 Å². The molecule has 0 fully saturated rings. The van der Waals surface area contributed by atoms with E-state index in [4.69, 9.17) is 4.74 Å². The Labute approximate surface area is 142 Å². The number of rotatable bonds is 3. The fraction of sp³-hybridized carbons (Fsp3) is 0.190. The Morgan fingerprint density at radius 1 is 1.21 bits per heavy atom. The van der Waals surface area contributed by atoms with E-state index in [-0.39, 0.29) is 12.1 Å². The van der Waals surface area contributed by atoms with Gasteiger partial charge in [0.05, 0.1) is 18.3 Å². The van der Waals surface area contributed by atoms with Gasteiger partial charge in [-0.15, -0.1) is 0 Å². The lowest BCUT2D eigenvalue weighted by Crippen LogP contribution is -2.40. The predicted molar refractivity (Wildman–Crippen MR) is 99.0 cm³/mol. The number of nitrogens with zero attached hydrogens (tertiary/aromatic N) is 1. The summed E-state index contributed by atoms with van der Waals surface area (Å²) in [5.74, 6) is 0. The lowest BCUT2D eigenvalue weighted by Gasteiger charge is -2.31. The fourth-order valence-electron chi connectivity index (χ4n) is 2.81. The minimum Gasteiger partial charge on any atom is -0.449 e. The lowest BCUT2D eigenvalue weighted by atomic mass is 10.0. The molecule has 1 amide bonds. The maximum absolute atomic E-state index is 12.5. The van der Waals surface area contributed by atoms with Gasteiger partial charge in [-0.3, -0.25) is 4.90 Å². The zero-order valence-electron chi connectivity index (χ0n) is 14.0. The lowest BCUT2D eigenvalue weighted by molar-refractivity contribution is 0.159. The summed E-state index contributed by atoms with van der Waals surface area (Å²) < 4.78 is 5.27. The van der Waals surface area contributed by atoms with Gasteiger partial charge in [0, 0.05) is 0 Å². The summed E-state index contributed by atoms with van der Waals surface area (Å²) in [4.78, 5) is 14.2. The Hall–Kier alpha value is -2.81. The molecule has 0 N–H and O–H groups in total. The minimum atomic E-state index is -0.324. The van der Waals surface area contributed by atoms with E-state index in [1.807, 2.05) is 74.5 Å². The molecule has 2 aromatic carbocycles. The molecule has 1 heterocycles. The largest absolute Gasteiger partial charge is 0.449 e. The average Bonchev–Trinajstić information content (AvgIpc) is 2.60. The third-order valence-electron chi connectivity index (χ3n) is 3.96. The normalized spacial score (nSPS) is 16.2. The summed E-state index contributed by atoms with van der Waals surface area (Å²) in [7, 11) is 0. The van der Waals surface area contributed by atoms with Gasteiger partial charge in [-0.25, -0.2) is 4.79 Å². The molecule has 3 heteroatoms. The van der Waals surface area contributed by atoms with Crippen molar-refractivity contribution in [1.29, 1.82) is 0 Å². The number of fused-ring (bicyclic) bond motifs is 1. The van der Waals surface area contributed by atoms with Crippen molar-refractivity contribution < 1.29 is 9.53 Å². The molecule has 24 heavy (non-hydrogen) atoms. The summed E-state index contributed by atoms with van der Waals surface area (Å²) in [5, 5.41) is 0. The third-order valence-corrected chi connectivity index (χ3v) is 3.96. The second kappa shape index (κ2) is 7.18. The Morgan fingerprint density at radius 3 is 2.75 bits per heavy atom. The van der Waals surface area contributed by atoms with E-state index in [9.17, 15) is 4.79 Å². The van der Waals surface area contributed by atoms with E-state index in [0.717, 1.165) is 16.8 Å². The van der Waals surface area contributed by atoms with Gasteiger partial charge in [0.2, 0.25) is 0 Å². The van der Waals surface area contributed by atoms with E-state index in [1.54, 1.807) is 4.90 Å². The molecule has 0 aromatic heterocycles. The van der Waals surface area contributed by atoms with Gasteiger partial charge in [-0.2, -0.15) is 0 Å². The average molecular weight is 319 g/mol. The molecule has 1 aliphatic heterocycles. The molecule has 1 aliphatic rings. The molecule has 0 saturated carbocycles. The highest BCUT2D eigenvalue weighted by Crippen LogP contribution is 2.31. The van der Waals surface area contributed by atoms with Crippen LogP contribution in [0.4, 0.5) is 10.5 Å². The Balaban J connectivity index is 1.95. The minimum absolute atomic E-state index is 0.167. The number of benzene rings is 2. The maximum atomic E-state index is 12.5. The van der Waals surface area contributed by atoms with Crippen LogP contribution in [0.15, 0.2) is 60.7 Å². The summed E-state index contributed by atoms with van der Waals surface area (Å²) in [6.45, 7) is 4.22. The first-order chi connectivity index (χ1) is 11.7. The van der Waals surface area contributed by atoms with Crippen LogP contribution in [0.3, 0.4) is 0 Å². The monoisotopic (exact) mass is 319 g/mol. The number of anilines is 1. The molecule has 3 rings (SSSR count). The number of hydrogen-bond donors (Lipinski definition) is 0. The van der Waals surface area contributed by atoms with Crippen LogP contribution in [0.5, 0.6) is 0 Å². The van der Waals surface area contributed by atoms with Gasteiger partial charge in [0.15, 0.2) is 0 Å². The molecule has 1 atom stereocenters. The van der Waals surface area contributed by atoms with Crippen molar-refractivity contribution in [1.82, 2.24) is 0 Å². The third kappa shape index (κ3) is 3.40. The topological polar surface area (TPSA) is 29.5 Å². The molecular weight excluding hydrogens is 298 g/mol. The number of hydrogen-bond acceptors (Lipinski definition) is 2. The first-order valence-electron chi connectivity index (χ1n) is 8.17. The Bertz CT molecular complexity index is 778. The van der Waals surface area contributed by atoms with Crippen LogP contribution in [-0.2, 0) is 4.74 Å². The standard InChI is InChI=1S/C21H21NO2/c1-3-24-21(23)22-19(12-10-17-7-5-4-6-8-17)13-11-18-15-16(2)9-14-20(18)22/h4-15,19H,3H2,1-2H3/b12-10+/t19-/m0/s1. The number of ether oxygens (including phenoxy) is 1. The number of amides is 1. The fourth-order valence-corrected chi connectivity index (χ4v) is 2.81. The quantitative estimate of drug-likeness (QED) is 0.791. The molecule has 0 unspecified atom stereocenters. The molecule has 0 bridgehead atoms. The van der Waals surface area contributed by atoms with Crippen molar-refractivity contribution in [2.45, 2.75) is 19.9 Å². The van der Waals surface area contributed by atoms with Crippen molar-refractivity contribution in [3.05, 3.63) is 77.4 Å². The van der Waals surface area contributed by atoms with Crippen LogP contribution in [-0.4, -0.2) is 18.7 Å². The zero-order valence-corrected chi connectivity index (χ0v) is 14.0. The van der Waals surface area contributed by atoms with Crippen LogP contribution < -0.4 is 4.90 Å². The first-order valence-corrected chi connectivity index (χ1v) is 8.17. The summed E-state index contributed by atoms with van der Waals surface area (Å²) in [6.07, 6.45) is 7.82. The van der Waals surface area contributed by atoms with Crippen molar-refractivity contribution in [2.24, 2.45) is 0 Å². The summed E-state index contributed by atoms with van der Waals surface area (Å²) >= 11 is 0. The second-order valence-electron chi connectivity index (χ2n) is 5.75. The van der Waals surface area contributed by atoms with E-state index in [1.165, 1.54) is 5.56 Å². The van der Waals surface area contributed by atoms with Gasteiger partial charge in [-0.05, 0) is 37.1 Å². The number of aryl methyl sites for hydroxylation is 1. The van der Waals surface area contributed by atoms with E-state index in [2.05, 4.69) is 12.1 Å². The highest BCUT2D eigenvalue weighted by molar-refractivity contribution is 5.94. The highest BCUT2D eigenvalue weighted by atomic mass is 16.6. The van der Waals surface area contributed by atoms with Gasteiger partial charge in [0.25, 0.3) is 0 Å². The van der Waals surface area contributed by atoms with Gasteiger partial charge in [-0.1, -0.05) is 66.3 Å². The van der Waals surface area contributed by atoms with Crippen LogP contribution in [0, 0.1) is 6.92 Å². The summed E-state index contributed by atoms with van der Waals surface area (Å²) in [6, 6.07) is 16.0. The van der Waals surface area contributed by atoms with Crippen molar-refractivity contribution in [3.63, 3.8) is 0 Å². The number of carbonyl (C=O) groups excluding carboxylic acids is 1. The van der Waals surface area contributed by atoms with Crippen molar-refractivity contribution >= 4 is 23.9 Å². The molecule has 2 aromatic rings. The second-order valence-corrected chi connectivity index (χ2v) is 5.75. The van der Waals surface area contributed by atoms with E-state index in [0.29, 0.717) is 6.61 Å². The van der Waals surface area contributed by atoms with E-state index >= 15 is 0 Å². The molecule has 0 radical (unpaired) electrons. The molecule has 0 spiro atoms. The van der Waals surface area contributed by atoms with Crippen LogP contribution in [0.1, 0.15) is 23.6 Å². The molecular formula is C21H21NO2. The van der Waals surface area contributed by atoms with Crippen LogP contribution >= 0.6 is 0 Å². The van der Waals surface area contributed by atoms with E-state index < -0.39 is 0 Å². The Kier molecular flexibility index (Phi) is 4.80.